The molecule has 0 atom stereocenters. The summed E-state index contributed by atoms with van der Waals surface area (Å²) in [5.74, 6) is 0. The molecule has 0 rings (SSSR count). The zero-order valence-electron chi connectivity index (χ0n) is 7.07. The van der Waals surface area contributed by atoms with E-state index < -0.39 is 0 Å². The number of hydrogen-bond donors (Lipinski definition) is 1. The molecule has 0 saturated heterocycles. The van der Waals surface area contributed by atoms with Gasteiger partial charge < -0.3 is 0 Å². The Kier molecular flexibility index (Phi) is 4.06. The standard InChI is InChI=1S/C8H16N2/c1-4-8(3,5-2)10-7-6-9/h10H,4-5,7H2,1-3H3. The quantitative estimate of drug-likeness (QED) is 0.603. The predicted molar refractivity (Wildman–Crippen MR) is 42.6 cm³/mol. The third-order valence-corrected chi connectivity index (χ3v) is 2.15. The normalized spacial score (nSPS) is 11.0. The molecule has 10 heavy (non-hydrogen) atoms. The van der Waals surface area contributed by atoms with Crippen molar-refractivity contribution in [1.82, 2.24) is 5.32 Å². The number of nitrogens with zero attached hydrogens (tertiary/aromatic N) is 1. The summed E-state index contributed by atoms with van der Waals surface area (Å²) in [6.07, 6.45) is 2.15. The van der Waals surface area contributed by atoms with Crippen LogP contribution < -0.4 is 5.32 Å². The Bertz CT molecular complexity index is 120. The second-order valence-corrected chi connectivity index (χ2v) is 2.78. The van der Waals surface area contributed by atoms with Crippen LogP contribution in [0.15, 0.2) is 0 Å². The molecule has 0 aromatic heterocycles. The lowest BCUT2D eigenvalue weighted by Crippen LogP contribution is -2.41. The predicted octanol–water partition coefficient (Wildman–Crippen LogP) is 1.68. The highest BCUT2D eigenvalue weighted by Gasteiger charge is 2.17. The van der Waals surface area contributed by atoms with Gasteiger partial charge in [-0.15, -0.1) is 0 Å². The van der Waals surface area contributed by atoms with Gasteiger partial charge in [0.05, 0.1) is 12.6 Å². The second-order valence-electron chi connectivity index (χ2n) is 2.78. The Hall–Kier alpha value is -0.550. The van der Waals surface area contributed by atoms with Crippen molar-refractivity contribution in [2.24, 2.45) is 0 Å². The fourth-order valence-electron chi connectivity index (χ4n) is 0.753. The van der Waals surface area contributed by atoms with Gasteiger partial charge in [0.15, 0.2) is 0 Å². The maximum absolute atomic E-state index is 8.31. The van der Waals surface area contributed by atoms with E-state index in [1.165, 1.54) is 0 Å². The summed E-state index contributed by atoms with van der Waals surface area (Å²) in [7, 11) is 0. The molecule has 1 N–H and O–H groups in total. The van der Waals surface area contributed by atoms with Crippen molar-refractivity contribution in [2.75, 3.05) is 6.54 Å². The van der Waals surface area contributed by atoms with Gasteiger partial charge in [-0.1, -0.05) is 13.8 Å². The average molecular weight is 140 g/mol. The largest absolute Gasteiger partial charge is 0.299 e. The lowest BCUT2D eigenvalue weighted by molar-refractivity contribution is 0.347. The van der Waals surface area contributed by atoms with Gasteiger partial charge in [0.2, 0.25) is 0 Å². The summed E-state index contributed by atoms with van der Waals surface area (Å²) in [5.41, 5.74) is 0.162. The van der Waals surface area contributed by atoms with Gasteiger partial charge >= 0.3 is 0 Å². The van der Waals surface area contributed by atoms with Crippen LogP contribution in [0.5, 0.6) is 0 Å². The monoisotopic (exact) mass is 140 g/mol. The Morgan fingerprint density at radius 1 is 1.40 bits per heavy atom. The van der Waals surface area contributed by atoms with Crippen molar-refractivity contribution < 1.29 is 0 Å². The van der Waals surface area contributed by atoms with Crippen molar-refractivity contribution >= 4 is 0 Å². The molecule has 0 amide bonds. The Morgan fingerprint density at radius 2 is 1.90 bits per heavy atom. The van der Waals surface area contributed by atoms with E-state index in [0.29, 0.717) is 6.54 Å². The molecule has 2 nitrogen and oxygen atoms in total. The minimum absolute atomic E-state index is 0.162. The molecule has 0 aromatic rings. The van der Waals surface area contributed by atoms with E-state index in [2.05, 4.69) is 32.2 Å². The van der Waals surface area contributed by atoms with E-state index in [1.54, 1.807) is 0 Å². The maximum atomic E-state index is 8.31. The fourth-order valence-corrected chi connectivity index (χ4v) is 0.753. The first-order valence-electron chi connectivity index (χ1n) is 3.80. The molecule has 0 saturated carbocycles. The lowest BCUT2D eigenvalue weighted by atomic mass is 9.96. The van der Waals surface area contributed by atoms with Crippen LogP contribution in [-0.4, -0.2) is 12.1 Å². The minimum atomic E-state index is 0.162. The molecule has 0 bridgehead atoms. The van der Waals surface area contributed by atoms with Gasteiger partial charge in [-0.25, -0.2) is 0 Å². The molecule has 0 aliphatic carbocycles. The van der Waals surface area contributed by atoms with Gasteiger partial charge in [0.25, 0.3) is 0 Å². The van der Waals surface area contributed by atoms with E-state index in [1.807, 2.05) is 0 Å². The van der Waals surface area contributed by atoms with E-state index >= 15 is 0 Å². The van der Waals surface area contributed by atoms with Crippen LogP contribution in [0.4, 0.5) is 0 Å². The van der Waals surface area contributed by atoms with Crippen LogP contribution in [-0.2, 0) is 0 Å². The lowest BCUT2D eigenvalue weighted by Gasteiger charge is -2.26. The van der Waals surface area contributed by atoms with Crippen molar-refractivity contribution in [3.05, 3.63) is 0 Å². The van der Waals surface area contributed by atoms with Gasteiger partial charge in [-0.3, -0.25) is 5.32 Å². The fraction of sp³-hybridized carbons (Fsp3) is 0.875. The smallest absolute Gasteiger partial charge is 0.0845 e. The van der Waals surface area contributed by atoms with Crippen molar-refractivity contribution in [2.45, 2.75) is 39.2 Å². The summed E-state index contributed by atoms with van der Waals surface area (Å²) in [6.45, 7) is 6.87. The van der Waals surface area contributed by atoms with Crippen molar-refractivity contribution in [1.29, 1.82) is 5.26 Å². The first-order chi connectivity index (χ1) is 4.68. The summed E-state index contributed by atoms with van der Waals surface area (Å²) < 4.78 is 0. The highest BCUT2D eigenvalue weighted by Crippen LogP contribution is 2.12. The first-order valence-corrected chi connectivity index (χ1v) is 3.80. The molecule has 0 aliphatic rings. The SMILES string of the molecule is CCC(C)(CC)NCC#N. The van der Waals surface area contributed by atoms with E-state index in [4.69, 9.17) is 5.26 Å². The van der Waals surface area contributed by atoms with Gasteiger partial charge in [0, 0.05) is 5.54 Å². The molecular formula is C8H16N2. The van der Waals surface area contributed by atoms with Crippen LogP contribution in [0.3, 0.4) is 0 Å². The van der Waals surface area contributed by atoms with E-state index in [9.17, 15) is 0 Å². The maximum Gasteiger partial charge on any atom is 0.0845 e. The number of hydrogen-bond acceptors (Lipinski definition) is 2. The zero-order chi connectivity index (χ0) is 8.04. The Morgan fingerprint density at radius 3 is 2.20 bits per heavy atom. The molecule has 0 fully saturated rings. The minimum Gasteiger partial charge on any atom is -0.299 e. The third-order valence-electron chi connectivity index (χ3n) is 2.15. The van der Waals surface area contributed by atoms with Crippen LogP contribution in [0, 0.1) is 11.3 Å². The summed E-state index contributed by atoms with van der Waals surface area (Å²) in [5, 5.41) is 11.5. The Balaban J connectivity index is 3.71. The van der Waals surface area contributed by atoms with Crippen LogP contribution in [0.25, 0.3) is 0 Å². The molecule has 0 unspecified atom stereocenters. The number of nitriles is 1. The number of rotatable bonds is 4. The molecular weight excluding hydrogens is 124 g/mol. The molecule has 0 aliphatic heterocycles. The Labute approximate surface area is 63.2 Å². The van der Waals surface area contributed by atoms with E-state index in [0.717, 1.165) is 12.8 Å². The summed E-state index contributed by atoms with van der Waals surface area (Å²) in [6, 6.07) is 2.08. The average Bonchev–Trinajstić information content (AvgIpc) is 2.00. The summed E-state index contributed by atoms with van der Waals surface area (Å²) in [4.78, 5) is 0. The molecule has 58 valence electrons. The molecule has 2 heteroatoms. The van der Waals surface area contributed by atoms with Gasteiger partial charge in [0.1, 0.15) is 0 Å². The van der Waals surface area contributed by atoms with E-state index in [-0.39, 0.29) is 5.54 Å². The highest BCUT2D eigenvalue weighted by molar-refractivity contribution is 4.85. The van der Waals surface area contributed by atoms with Crippen LogP contribution >= 0.6 is 0 Å². The third kappa shape index (κ3) is 2.84. The molecule has 0 heterocycles. The van der Waals surface area contributed by atoms with Crippen LogP contribution in [0.2, 0.25) is 0 Å². The van der Waals surface area contributed by atoms with Crippen LogP contribution in [0.1, 0.15) is 33.6 Å². The van der Waals surface area contributed by atoms with Gasteiger partial charge in [-0.2, -0.15) is 5.26 Å². The zero-order valence-corrected chi connectivity index (χ0v) is 7.07. The van der Waals surface area contributed by atoms with Crippen molar-refractivity contribution in [3.8, 4) is 6.07 Å². The highest BCUT2D eigenvalue weighted by atomic mass is 14.9. The second kappa shape index (κ2) is 4.29. The number of nitrogens with one attached hydrogen (secondary N) is 1. The molecule has 0 radical (unpaired) electrons. The molecule has 0 aromatic carbocycles. The molecule has 0 spiro atoms. The first kappa shape index (κ1) is 9.45. The van der Waals surface area contributed by atoms with Gasteiger partial charge in [-0.05, 0) is 19.8 Å². The summed E-state index contributed by atoms with van der Waals surface area (Å²) >= 11 is 0. The topological polar surface area (TPSA) is 35.8 Å². The van der Waals surface area contributed by atoms with Crippen molar-refractivity contribution in [3.63, 3.8) is 0 Å².